The maximum absolute atomic E-state index is 13.2. The van der Waals surface area contributed by atoms with E-state index in [4.69, 9.17) is 4.74 Å². The van der Waals surface area contributed by atoms with Gasteiger partial charge in [0.15, 0.2) is 5.65 Å². The van der Waals surface area contributed by atoms with Crippen LogP contribution in [0.3, 0.4) is 0 Å². The minimum Gasteiger partial charge on any atom is -0.465 e. The van der Waals surface area contributed by atoms with E-state index in [2.05, 4.69) is 22.1 Å². The Morgan fingerprint density at radius 2 is 1.97 bits per heavy atom. The largest absolute Gasteiger partial charge is 0.465 e. The molecule has 4 rings (SSSR count). The first-order chi connectivity index (χ1) is 15.1. The number of pyridine rings is 2. The van der Waals surface area contributed by atoms with Crippen LogP contribution in [-0.2, 0) is 27.2 Å². The van der Waals surface area contributed by atoms with Gasteiger partial charge in [-0.25, -0.2) is 9.97 Å². The summed E-state index contributed by atoms with van der Waals surface area (Å²) in [6.07, 6.45) is 4.61. The molecule has 2 aromatic heterocycles. The molecule has 1 saturated heterocycles. The van der Waals surface area contributed by atoms with Gasteiger partial charge in [-0.3, -0.25) is 9.59 Å². The molecule has 0 spiro atoms. The highest BCUT2D eigenvalue weighted by Gasteiger charge is 2.40. The number of hydrogen-bond acceptors (Lipinski definition) is 5. The molecule has 1 aliphatic rings. The standard InChI is InChI=1S/C25H27N3O3/c1-2-31-23(29)17-28-22(15-18-7-4-3-5-8-18)16-20(25(28)30)11-13-21-12-10-19-9-6-14-26-24(19)27-21/h3-10,12,14,20,22H,2,11,13,15-17H2,1H3/t20-,22+/m0/s1. The zero-order valence-electron chi connectivity index (χ0n) is 17.7. The quantitative estimate of drug-likeness (QED) is 0.524. The molecule has 1 aliphatic heterocycles. The molecule has 6 nitrogen and oxygen atoms in total. The van der Waals surface area contributed by atoms with Gasteiger partial charge in [0, 0.05) is 29.2 Å². The zero-order valence-corrected chi connectivity index (χ0v) is 17.7. The van der Waals surface area contributed by atoms with Crippen molar-refractivity contribution in [1.82, 2.24) is 14.9 Å². The topological polar surface area (TPSA) is 72.4 Å². The van der Waals surface area contributed by atoms with Crippen molar-refractivity contribution in [3.8, 4) is 0 Å². The summed E-state index contributed by atoms with van der Waals surface area (Å²) in [6.45, 7) is 2.10. The van der Waals surface area contributed by atoms with Gasteiger partial charge in [0.2, 0.25) is 5.91 Å². The van der Waals surface area contributed by atoms with Crippen LogP contribution in [0.5, 0.6) is 0 Å². The molecule has 1 aromatic carbocycles. The number of nitrogens with zero attached hydrogens (tertiary/aromatic N) is 3. The molecule has 0 bridgehead atoms. The average Bonchev–Trinajstić information content (AvgIpc) is 3.07. The lowest BCUT2D eigenvalue weighted by Crippen LogP contribution is -2.39. The Morgan fingerprint density at radius 3 is 2.77 bits per heavy atom. The number of aryl methyl sites for hydroxylation is 1. The number of rotatable bonds is 8. The first kappa shape index (κ1) is 21.0. The van der Waals surface area contributed by atoms with E-state index in [9.17, 15) is 9.59 Å². The summed E-state index contributed by atoms with van der Waals surface area (Å²) in [7, 11) is 0. The smallest absolute Gasteiger partial charge is 0.325 e. The van der Waals surface area contributed by atoms with Gasteiger partial charge >= 0.3 is 5.97 Å². The highest BCUT2D eigenvalue weighted by atomic mass is 16.5. The fraction of sp³-hybridized carbons (Fsp3) is 0.360. The normalized spacial score (nSPS) is 18.5. The number of carbonyl (C=O) groups excluding carboxylic acids is 2. The number of carbonyl (C=O) groups is 2. The predicted molar refractivity (Wildman–Crippen MR) is 118 cm³/mol. The van der Waals surface area contributed by atoms with Gasteiger partial charge in [-0.05, 0) is 62.4 Å². The molecular weight excluding hydrogens is 390 g/mol. The average molecular weight is 418 g/mol. The number of fused-ring (bicyclic) bond motifs is 1. The van der Waals surface area contributed by atoms with Crippen LogP contribution in [0, 0.1) is 5.92 Å². The summed E-state index contributed by atoms with van der Waals surface area (Å²) in [5, 5.41) is 1.01. The monoisotopic (exact) mass is 417 g/mol. The number of esters is 1. The first-order valence-corrected chi connectivity index (χ1v) is 10.8. The van der Waals surface area contributed by atoms with Crippen LogP contribution < -0.4 is 0 Å². The highest BCUT2D eigenvalue weighted by molar-refractivity contribution is 5.86. The second-order valence-electron chi connectivity index (χ2n) is 7.94. The lowest BCUT2D eigenvalue weighted by atomic mass is 9.95. The molecule has 0 unspecified atom stereocenters. The van der Waals surface area contributed by atoms with E-state index >= 15 is 0 Å². The molecule has 160 valence electrons. The SMILES string of the molecule is CCOC(=O)CN1C(=O)[C@@H](CCc2ccc3cccnc3n2)C[C@H]1Cc1ccccc1. The fourth-order valence-electron chi connectivity index (χ4n) is 4.30. The van der Waals surface area contributed by atoms with Crippen LogP contribution in [0.25, 0.3) is 11.0 Å². The van der Waals surface area contributed by atoms with E-state index in [1.807, 2.05) is 42.5 Å². The lowest BCUT2D eigenvalue weighted by molar-refractivity contribution is -0.149. The fourth-order valence-corrected chi connectivity index (χ4v) is 4.30. The Labute approximate surface area is 182 Å². The second-order valence-corrected chi connectivity index (χ2v) is 7.94. The van der Waals surface area contributed by atoms with Crippen molar-refractivity contribution in [2.24, 2.45) is 5.92 Å². The summed E-state index contributed by atoms with van der Waals surface area (Å²) in [5.74, 6) is -0.436. The van der Waals surface area contributed by atoms with Crippen molar-refractivity contribution in [1.29, 1.82) is 0 Å². The van der Waals surface area contributed by atoms with E-state index in [-0.39, 0.29) is 30.4 Å². The molecule has 2 atom stereocenters. The van der Waals surface area contributed by atoms with Crippen LogP contribution in [0.15, 0.2) is 60.8 Å². The van der Waals surface area contributed by atoms with Gasteiger partial charge in [-0.15, -0.1) is 0 Å². The third-order valence-corrected chi connectivity index (χ3v) is 5.82. The minimum absolute atomic E-state index is 0.00413. The number of amides is 1. The van der Waals surface area contributed by atoms with E-state index in [1.54, 1.807) is 18.0 Å². The predicted octanol–water partition coefficient (Wildman–Crippen LogP) is 3.59. The molecule has 31 heavy (non-hydrogen) atoms. The highest BCUT2D eigenvalue weighted by Crippen LogP contribution is 2.30. The molecule has 0 radical (unpaired) electrons. The van der Waals surface area contributed by atoms with Crippen LogP contribution in [0.1, 0.15) is 31.0 Å². The van der Waals surface area contributed by atoms with Crippen LogP contribution in [-0.4, -0.2) is 45.9 Å². The van der Waals surface area contributed by atoms with Gasteiger partial charge < -0.3 is 9.64 Å². The van der Waals surface area contributed by atoms with Gasteiger partial charge in [-0.2, -0.15) is 0 Å². The maximum Gasteiger partial charge on any atom is 0.325 e. The van der Waals surface area contributed by atoms with Crippen molar-refractivity contribution in [2.45, 2.75) is 38.6 Å². The number of aromatic nitrogens is 2. The van der Waals surface area contributed by atoms with Crippen molar-refractivity contribution >= 4 is 22.9 Å². The Morgan fingerprint density at radius 1 is 1.13 bits per heavy atom. The summed E-state index contributed by atoms with van der Waals surface area (Å²) < 4.78 is 5.11. The summed E-state index contributed by atoms with van der Waals surface area (Å²) in [6, 6.07) is 18.0. The van der Waals surface area contributed by atoms with Crippen molar-refractivity contribution in [2.75, 3.05) is 13.2 Å². The van der Waals surface area contributed by atoms with E-state index < -0.39 is 0 Å². The van der Waals surface area contributed by atoms with E-state index in [0.717, 1.165) is 35.1 Å². The Balaban J connectivity index is 1.46. The third kappa shape index (κ3) is 5.08. The van der Waals surface area contributed by atoms with Crippen LogP contribution in [0.4, 0.5) is 0 Å². The van der Waals surface area contributed by atoms with Gasteiger partial charge in [-0.1, -0.05) is 30.3 Å². The summed E-state index contributed by atoms with van der Waals surface area (Å²) in [4.78, 5) is 35.9. The second kappa shape index (κ2) is 9.69. The summed E-state index contributed by atoms with van der Waals surface area (Å²) in [5.41, 5.74) is 2.82. The molecule has 0 aliphatic carbocycles. The van der Waals surface area contributed by atoms with E-state index in [1.165, 1.54) is 0 Å². The van der Waals surface area contributed by atoms with Crippen molar-refractivity contribution in [3.05, 3.63) is 72.1 Å². The lowest BCUT2D eigenvalue weighted by Gasteiger charge is -2.24. The van der Waals surface area contributed by atoms with Gasteiger partial charge in [0.1, 0.15) is 6.54 Å². The Hall–Kier alpha value is -3.28. The van der Waals surface area contributed by atoms with E-state index in [0.29, 0.717) is 19.4 Å². The molecule has 3 heterocycles. The molecule has 6 heteroatoms. The summed E-state index contributed by atoms with van der Waals surface area (Å²) >= 11 is 0. The number of likely N-dealkylation sites (tertiary alicyclic amines) is 1. The molecular formula is C25H27N3O3. The molecule has 0 N–H and O–H groups in total. The van der Waals surface area contributed by atoms with Crippen molar-refractivity contribution in [3.63, 3.8) is 0 Å². The maximum atomic E-state index is 13.2. The minimum atomic E-state index is -0.350. The third-order valence-electron chi connectivity index (χ3n) is 5.82. The molecule has 1 fully saturated rings. The Bertz CT molecular complexity index is 1050. The number of ether oxygens (including phenoxy) is 1. The Kier molecular flexibility index (Phi) is 6.55. The number of hydrogen-bond donors (Lipinski definition) is 0. The number of benzene rings is 1. The first-order valence-electron chi connectivity index (χ1n) is 10.8. The van der Waals surface area contributed by atoms with Crippen molar-refractivity contribution < 1.29 is 14.3 Å². The molecule has 0 saturated carbocycles. The van der Waals surface area contributed by atoms with Gasteiger partial charge in [0.25, 0.3) is 0 Å². The van der Waals surface area contributed by atoms with Crippen LogP contribution >= 0.6 is 0 Å². The van der Waals surface area contributed by atoms with Gasteiger partial charge in [0.05, 0.1) is 6.61 Å². The van der Waals surface area contributed by atoms with Crippen LogP contribution in [0.2, 0.25) is 0 Å². The molecule has 1 amide bonds. The zero-order chi connectivity index (χ0) is 21.6. The molecule has 3 aromatic rings.